The molecule has 18 heavy (non-hydrogen) atoms. The van der Waals surface area contributed by atoms with Crippen LogP contribution in [0.3, 0.4) is 0 Å². The standard InChI is InChI=1S/C9H10BrF3N2O2S/c1-15(4-8(11)12)18(16,17)7-3-5(14)2-6(10)9(7)13/h2-3,8H,4,14H2,1H3. The molecule has 0 saturated carbocycles. The number of rotatable bonds is 4. The summed E-state index contributed by atoms with van der Waals surface area (Å²) in [5, 5.41) is 0. The van der Waals surface area contributed by atoms with Gasteiger partial charge in [0.05, 0.1) is 11.0 Å². The van der Waals surface area contributed by atoms with Crippen molar-refractivity contribution in [1.29, 1.82) is 0 Å². The lowest BCUT2D eigenvalue weighted by Gasteiger charge is -2.17. The van der Waals surface area contributed by atoms with Crippen molar-refractivity contribution < 1.29 is 21.6 Å². The predicted octanol–water partition coefficient (Wildman–Crippen LogP) is 2.06. The number of sulfonamides is 1. The molecule has 0 fully saturated rings. The average molecular weight is 347 g/mol. The minimum atomic E-state index is -4.34. The van der Waals surface area contributed by atoms with Gasteiger partial charge in [-0.2, -0.15) is 4.31 Å². The number of hydrogen-bond donors (Lipinski definition) is 1. The van der Waals surface area contributed by atoms with Gasteiger partial charge in [0.15, 0.2) is 5.82 Å². The lowest BCUT2D eigenvalue weighted by Crippen LogP contribution is -2.32. The molecule has 102 valence electrons. The fraction of sp³-hybridized carbons (Fsp3) is 0.333. The first kappa shape index (κ1) is 15.3. The Morgan fingerprint density at radius 2 is 2.00 bits per heavy atom. The fourth-order valence-corrected chi connectivity index (χ4v) is 3.11. The summed E-state index contributed by atoms with van der Waals surface area (Å²) in [6.45, 7) is -1.02. The Labute approximate surface area is 111 Å². The second kappa shape index (κ2) is 5.45. The van der Waals surface area contributed by atoms with Crippen LogP contribution in [0.5, 0.6) is 0 Å². The van der Waals surface area contributed by atoms with Crippen molar-refractivity contribution in [2.75, 3.05) is 19.3 Å². The number of hydrogen-bond acceptors (Lipinski definition) is 3. The molecule has 0 aliphatic rings. The summed E-state index contributed by atoms with van der Waals surface area (Å²) in [6, 6.07) is 2.07. The van der Waals surface area contributed by atoms with Crippen LogP contribution in [-0.4, -0.2) is 32.7 Å². The fourth-order valence-electron chi connectivity index (χ4n) is 1.23. The predicted molar refractivity (Wildman–Crippen MR) is 64.3 cm³/mol. The van der Waals surface area contributed by atoms with Gasteiger partial charge in [0, 0.05) is 12.7 Å². The van der Waals surface area contributed by atoms with Crippen molar-refractivity contribution in [2.45, 2.75) is 11.3 Å². The van der Waals surface area contributed by atoms with E-state index in [1.807, 2.05) is 0 Å². The van der Waals surface area contributed by atoms with E-state index in [-0.39, 0.29) is 10.2 Å². The number of nitrogen functional groups attached to an aromatic ring is 1. The molecule has 0 spiro atoms. The van der Waals surface area contributed by atoms with Crippen LogP contribution < -0.4 is 5.73 Å². The van der Waals surface area contributed by atoms with E-state index in [4.69, 9.17) is 5.73 Å². The molecule has 1 aromatic carbocycles. The second-order valence-corrected chi connectivity index (χ2v) is 6.36. The number of benzene rings is 1. The normalized spacial score (nSPS) is 12.4. The molecule has 2 N–H and O–H groups in total. The van der Waals surface area contributed by atoms with Crippen LogP contribution in [-0.2, 0) is 10.0 Å². The summed E-state index contributed by atoms with van der Waals surface area (Å²) in [5.41, 5.74) is 5.41. The molecule has 0 saturated heterocycles. The molecule has 0 amide bonds. The van der Waals surface area contributed by atoms with Crippen molar-refractivity contribution in [3.63, 3.8) is 0 Å². The van der Waals surface area contributed by atoms with Crippen LogP contribution in [0.1, 0.15) is 0 Å². The molecule has 0 heterocycles. The van der Waals surface area contributed by atoms with Gasteiger partial charge in [-0.15, -0.1) is 0 Å². The third kappa shape index (κ3) is 3.15. The smallest absolute Gasteiger partial charge is 0.252 e. The highest BCUT2D eigenvalue weighted by Gasteiger charge is 2.28. The lowest BCUT2D eigenvalue weighted by molar-refractivity contribution is 0.126. The largest absolute Gasteiger partial charge is 0.399 e. The van der Waals surface area contributed by atoms with Gasteiger partial charge < -0.3 is 5.73 Å². The zero-order valence-electron chi connectivity index (χ0n) is 9.20. The third-order valence-corrected chi connectivity index (χ3v) is 4.50. The molecule has 0 aliphatic carbocycles. The van der Waals surface area contributed by atoms with E-state index in [1.165, 1.54) is 6.07 Å². The van der Waals surface area contributed by atoms with E-state index in [1.54, 1.807) is 0 Å². The van der Waals surface area contributed by atoms with Crippen molar-refractivity contribution in [3.8, 4) is 0 Å². The first-order valence-electron chi connectivity index (χ1n) is 4.65. The van der Waals surface area contributed by atoms with Gasteiger partial charge in [-0.05, 0) is 28.1 Å². The first-order valence-corrected chi connectivity index (χ1v) is 6.88. The molecule has 1 rings (SSSR count). The molecular weight excluding hydrogens is 337 g/mol. The van der Waals surface area contributed by atoms with E-state index in [0.717, 1.165) is 13.1 Å². The molecule has 0 atom stereocenters. The molecule has 0 aromatic heterocycles. The summed E-state index contributed by atoms with van der Waals surface area (Å²) >= 11 is 2.80. The Hall–Kier alpha value is -0.800. The van der Waals surface area contributed by atoms with Crippen LogP contribution >= 0.6 is 15.9 Å². The molecule has 9 heteroatoms. The molecule has 4 nitrogen and oxygen atoms in total. The maximum absolute atomic E-state index is 13.7. The highest BCUT2D eigenvalue weighted by atomic mass is 79.9. The number of nitrogens with zero attached hydrogens (tertiary/aromatic N) is 1. The highest BCUT2D eigenvalue weighted by molar-refractivity contribution is 9.10. The Balaban J connectivity index is 3.29. The lowest BCUT2D eigenvalue weighted by atomic mass is 10.3. The van der Waals surface area contributed by atoms with Crippen LogP contribution in [0, 0.1) is 5.82 Å². The van der Waals surface area contributed by atoms with Crippen LogP contribution in [0.15, 0.2) is 21.5 Å². The molecule has 0 unspecified atom stereocenters. The van der Waals surface area contributed by atoms with Gasteiger partial charge in [-0.3, -0.25) is 0 Å². The monoisotopic (exact) mass is 346 g/mol. The summed E-state index contributed by atoms with van der Waals surface area (Å²) in [5.74, 6) is -1.06. The van der Waals surface area contributed by atoms with Crippen LogP contribution in [0.4, 0.5) is 18.9 Å². The Bertz CT molecular complexity index is 551. The van der Waals surface area contributed by atoms with E-state index in [2.05, 4.69) is 15.9 Å². The number of anilines is 1. The average Bonchev–Trinajstić information content (AvgIpc) is 2.22. The SMILES string of the molecule is CN(CC(F)F)S(=O)(=O)c1cc(N)cc(Br)c1F. The van der Waals surface area contributed by atoms with Crippen molar-refractivity contribution in [1.82, 2.24) is 4.31 Å². The quantitative estimate of drug-likeness (QED) is 0.848. The second-order valence-electron chi connectivity index (χ2n) is 3.49. The minimum Gasteiger partial charge on any atom is -0.399 e. The number of halogens is 4. The number of alkyl halides is 2. The third-order valence-electron chi connectivity index (χ3n) is 2.10. The van der Waals surface area contributed by atoms with Crippen molar-refractivity contribution in [2.24, 2.45) is 0 Å². The molecule has 0 radical (unpaired) electrons. The zero-order chi connectivity index (χ0) is 14.1. The topological polar surface area (TPSA) is 63.4 Å². The summed E-state index contributed by atoms with van der Waals surface area (Å²) < 4.78 is 62.0. The van der Waals surface area contributed by atoms with Crippen LogP contribution in [0.2, 0.25) is 0 Å². The van der Waals surface area contributed by atoms with Gasteiger partial charge in [0.2, 0.25) is 10.0 Å². The maximum atomic E-state index is 13.7. The molecule has 0 bridgehead atoms. The summed E-state index contributed by atoms with van der Waals surface area (Å²) in [7, 11) is -3.40. The molecular formula is C9H10BrF3N2O2S. The van der Waals surface area contributed by atoms with Gasteiger partial charge in [-0.25, -0.2) is 21.6 Å². The van der Waals surface area contributed by atoms with E-state index in [9.17, 15) is 21.6 Å². The zero-order valence-corrected chi connectivity index (χ0v) is 11.6. The maximum Gasteiger partial charge on any atom is 0.252 e. The highest BCUT2D eigenvalue weighted by Crippen LogP contribution is 2.28. The van der Waals surface area contributed by atoms with Crippen molar-refractivity contribution >= 4 is 31.6 Å². The number of nitrogens with two attached hydrogens (primary N) is 1. The first-order chi connectivity index (χ1) is 8.16. The van der Waals surface area contributed by atoms with Crippen molar-refractivity contribution in [3.05, 3.63) is 22.4 Å². The molecule has 0 aliphatic heterocycles. The van der Waals surface area contributed by atoms with Gasteiger partial charge in [-0.1, -0.05) is 0 Å². The van der Waals surface area contributed by atoms with Gasteiger partial charge in [0.1, 0.15) is 4.90 Å². The Morgan fingerprint density at radius 3 is 2.50 bits per heavy atom. The van der Waals surface area contributed by atoms with Gasteiger partial charge in [0.25, 0.3) is 6.43 Å². The van der Waals surface area contributed by atoms with E-state index in [0.29, 0.717) is 4.31 Å². The summed E-state index contributed by atoms with van der Waals surface area (Å²) in [4.78, 5) is -0.738. The minimum absolute atomic E-state index is 0.00676. The van der Waals surface area contributed by atoms with Crippen LogP contribution in [0.25, 0.3) is 0 Å². The Morgan fingerprint density at radius 1 is 1.44 bits per heavy atom. The van der Waals surface area contributed by atoms with E-state index >= 15 is 0 Å². The summed E-state index contributed by atoms with van der Waals surface area (Å²) in [6.07, 6.45) is -2.85. The Kier molecular flexibility index (Phi) is 4.62. The van der Waals surface area contributed by atoms with E-state index < -0.39 is 33.7 Å². The molecule has 1 aromatic rings. The van der Waals surface area contributed by atoms with Gasteiger partial charge >= 0.3 is 0 Å².